The molecule has 0 N–H and O–H groups in total. The molecule has 130 valence electrons. The molecule has 3 aliphatic heterocycles. The molecule has 4 fully saturated rings. The molecule has 5 rings (SSSR count). The summed E-state index contributed by atoms with van der Waals surface area (Å²) in [5.41, 5.74) is 0.554. The van der Waals surface area contributed by atoms with E-state index >= 15 is 0 Å². The van der Waals surface area contributed by atoms with E-state index in [1.165, 1.54) is 49.3 Å². The van der Waals surface area contributed by atoms with Crippen molar-refractivity contribution in [3.8, 4) is 0 Å². The van der Waals surface area contributed by atoms with Gasteiger partial charge in [-0.2, -0.15) is 0 Å². The molecule has 2 atom stereocenters. The Balaban J connectivity index is 1.49. The SMILES string of the molecule is Cn1cc(C(=O)N2C[C@@H]3CC[C@H](C2)N(CC2CCC2)C3)ccc1=O. The van der Waals surface area contributed by atoms with Gasteiger partial charge < -0.3 is 9.47 Å². The lowest BCUT2D eigenvalue weighted by atomic mass is 9.83. The molecule has 0 spiro atoms. The fourth-order valence-corrected chi connectivity index (χ4v) is 4.48. The average molecular weight is 329 g/mol. The van der Waals surface area contributed by atoms with E-state index in [1.54, 1.807) is 19.3 Å². The fourth-order valence-electron chi connectivity index (χ4n) is 4.48. The maximum atomic E-state index is 12.9. The third kappa shape index (κ3) is 3.02. The molecule has 0 radical (unpaired) electrons. The molecule has 4 aliphatic rings. The van der Waals surface area contributed by atoms with Crippen molar-refractivity contribution in [1.82, 2.24) is 14.4 Å². The van der Waals surface area contributed by atoms with Crippen LogP contribution < -0.4 is 5.56 Å². The van der Waals surface area contributed by atoms with Crippen molar-refractivity contribution < 1.29 is 4.79 Å². The number of carbonyl (C=O) groups excluding carboxylic acids is 1. The monoisotopic (exact) mass is 329 g/mol. The molecule has 1 aromatic rings. The van der Waals surface area contributed by atoms with Gasteiger partial charge in [-0.1, -0.05) is 6.42 Å². The summed E-state index contributed by atoms with van der Waals surface area (Å²) in [6.07, 6.45) is 8.29. The van der Waals surface area contributed by atoms with Gasteiger partial charge >= 0.3 is 0 Å². The van der Waals surface area contributed by atoms with Crippen LogP contribution in [0, 0.1) is 11.8 Å². The van der Waals surface area contributed by atoms with Crippen LogP contribution in [0.4, 0.5) is 0 Å². The topological polar surface area (TPSA) is 45.6 Å². The van der Waals surface area contributed by atoms with Crippen LogP contribution in [0.1, 0.15) is 42.5 Å². The Hall–Kier alpha value is -1.62. The van der Waals surface area contributed by atoms with E-state index in [9.17, 15) is 9.59 Å². The normalized spacial score (nSPS) is 27.8. The number of nitrogens with zero attached hydrogens (tertiary/aromatic N) is 3. The third-order valence-electron chi connectivity index (χ3n) is 6.16. The van der Waals surface area contributed by atoms with Crippen LogP contribution in [0.15, 0.2) is 23.1 Å². The lowest BCUT2D eigenvalue weighted by molar-refractivity contribution is 0.0716. The van der Waals surface area contributed by atoms with Crippen LogP contribution in [-0.2, 0) is 7.05 Å². The second-order valence-corrected chi connectivity index (χ2v) is 7.93. The maximum absolute atomic E-state index is 12.9. The molecule has 4 heterocycles. The van der Waals surface area contributed by atoms with Gasteiger partial charge in [0.05, 0.1) is 5.56 Å². The zero-order valence-corrected chi connectivity index (χ0v) is 14.5. The standard InChI is InChI=1S/C19H27N3O2/c1-20-12-16(6-8-18(20)23)19(24)22-11-15-5-7-17(13-22)21(10-15)9-14-3-2-4-14/h6,8,12,14-15,17H,2-5,7,9-11,13H2,1H3/t15-,17-/m1/s1. The molecule has 5 nitrogen and oxygen atoms in total. The quantitative estimate of drug-likeness (QED) is 0.848. The summed E-state index contributed by atoms with van der Waals surface area (Å²) >= 11 is 0. The Morgan fingerprint density at radius 1 is 1.12 bits per heavy atom. The van der Waals surface area contributed by atoms with Crippen LogP contribution in [0.2, 0.25) is 0 Å². The number of hydrogen-bond acceptors (Lipinski definition) is 3. The number of aromatic nitrogens is 1. The largest absolute Gasteiger partial charge is 0.337 e. The van der Waals surface area contributed by atoms with E-state index in [1.807, 2.05) is 4.90 Å². The Bertz CT molecular complexity index is 679. The van der Waals surface area contributed by atoms with Gasteiger partial charge in [0.25, 0.3) is 5.91 Å². The van der Waals surface area contributed by atoms with Crippen molar-refractivity contribution >= 4 is 5.91 Å². The minimum atomic E-state index is -0.0749. The fraction of sp³-hybridized carbons (Fsp3) is 0.684. The first-order valence-electron chi connectivity index (χ1n) is 9.30. The van der Waals surface area contributed by atoms with Crippen LogP contribution >= 0.6 is 0 Å². The van der Waals surface area contributed by atoms with Crippen LogP contribution in [0.25, 0.3) is 0 Å². The summed E-state index contributed by atoms with van der Waals surface area (Å²) in [4.78, 5) is 29.2. The summed E-state index contributed by atoms with van der Waals surface area (Å²) in [7, 11) is 1.70. The Morgan fingerprint density at radius 3 is 2.67 bits per heavy atom. The number of amides is 1. The lowest BCUT2D eigenvalue weighted by Crippen LogP contribution is -2.47. The number of pyridine rings is 1. The molecule has 0 aromatic carbocycles. The molecular formula is C19H27N3O2. The van der Waals surface area contributed by atoms with Gasteiger partial charge in [-0.25, -0.2) is 0 Å². The second-order valence-electron chi connectivity index (χ2n) is 7.93. The van der Waals surface area contributed by atoms with Gasteiger partial charge in [-0.3, -0.25) is 14.5 Å². The average Bonchev–Trinajstić information content (AvgIpc) is 2.84. The molecule has 2 bridgehead atoms. The van der Waals surface area contributed by atoms with Crippen molar-refractivity contribution in [1.29, 1.82) is 0 Å². The second kappa shape index (κ2) is 6.36. The Kier molecular flexibility index (Phi) is 4.21. The highest BCUT2D eigenvalue weighted by molar-refractivity contribution is 5.94. The van der Waals surface area contributed by atoms with E-state index in [0.717, 1.165) is 25.6 Å². The minimum Gasteiger partial charge on any atom is -0.337 e. The predicted octanol–water partition coefficient (Wildman–Crippen LogP) is 1.72. The first kappa shape index (κ1) is 15.9. The smallest absolute Gasteiger partial charge is 0.255 e. The van der Waals surface area contributed by atoms with Crippen molar-refractivity contribution in [2.24, 2.45) is 18.9 Å². The summed E-state index contributed by atoms with van der Waals surface area (Å²) < 4.78 is 1.49. The first-order chi connectivity index (χ1) is 11.6. The zero-order chi connectivity index (χ0) is 16.7. The van der Waals surface area contributed by atoms with Crippen LogP contribution in [-0.4, -0.2) is 52.5 Å². The lowest BCUT2D eigenvalue weighted by Gasteiger charge is -2.40. The van der Waals surface area contributed by atoms with Gasteiger partial charge in [0.15, 0.2) is 0 Å². The van der Waals surface area contributed by atoms with E-state index in [4.69, 9.17) is 0 Å². The van der Waals surface area contributed by atoms with Crippen molar-refractivity contribution in [3.05, 3.63) is 34.2 Å². The van der Waals surface area contributed by atoms with Gasteiger partial charge in [0.1, 0.15) is 0 Å². The number of carbonyl (C=O) groups is 1. The number of hydrogen-bond donors (Lipinski definition) is 0. The molecule has 24 heavy (non-hydrogen) atoms. The minimum absolute atomic E-state index is 0.0749. The van der Waals surface area contributed by atoms with E-state index in [0.29, 0.717) is 17.5 Å². The van der Waals surface area contributed by atoms with Crippen molar-refractivity contribution in [2.45, 2.75) is 38.1 Å². The number of rotatable bonds is 3. The van der Waals surface area contributed by atoms with Crippen LogP contribution in [0.3, 0.4) is 0 Å². The van der Waals surface area contributed by atoms with Crippen LogP contribution in [0.5, 0.6) is 0 Å². The molecular weight excluding hydrogens is 302 g/mol. The highest BCUT2D eigenvalue weighted by Crippen LogP contribution is 2.33. The highest BCUT2D eigenvalue weighted by atomic mass is 16.2. The van der Waals surface area contributed by atoms with Crippen molar-refractivity contribution in [3.63, 3.8) is 0 Å². The van der Waals surface area contributed by atoms with E-state index in [-0.39, 0.29) is 11.5 Å². The third-order valence-corrected chi connectivity index (χ3v) is 6.16. The summed E-state index contributed by atoms with van der Waals surface area (Å²) in [5, 5.41) is 0. The van der Waals surface area contributed by atoms with Crippen molar-refractivity contribution in [2.75, 3.05) is 26.2 Å². The predicted molar refractivity (Wildman–Crippen MR) is 93.0 cm³/mol. The maximum Gasteiger partial charge on any atom is 0.255 e. The Morgan fingerprint density at radius 2 is 1.96 bits per heavy atom. The summed E-state index contributed by atoms with van der Waals surface area (Å²) in [6, 6.07) is 3.67. The number of fused-ring (bicyclic) bond motifs is 4. The van der Waals surface area contributed by atoms with E-state index in [2.05, 4.69) is 4.90 Å². The molecule has 5 heteroatoms. The number of piperidine rings is 1. The Labute approximate surface area is 143 Å². The van der Waals surface area contributed by atoms with Gasteiger partial charge in [-0.15, -0.1) is 0 Å². The zero-order valence-electron chi connectivity index (χ0n) is 14.5. The molecule has 1 aliphatic carbocycles. The summed E-state index contributed by atoms with van der Waals surface area (Å²) in [5.74, 6) is 1.56. The molecule has 1 aromatic heterocycles. The molecule has 1 amide bonds. The molecule has 0 unspecified atom stereocenters. The highest BCUT2D eigenvalue weighted by Gasteiger charge is 2.37. The summed E-state index contributed by atoms with van der Waals surface area (Å²) in [6.45, 7) is 4.07. The number of aryl methyl sites for hydroxylation is 1. The van der Waals surface area contributed by atoms with Gasteiger partial charge in [0.2, 0.25) is 5.56 Å². The first-order valence-corrected chi connectivity index (χ1v) is 9.30. The molecule has 1 saturated carbocycles. The van der Waals surface area contributed by atoms with Gasteiger partial charge in [-0.05, 0) is 43.6 Å². The molecule has 3 saturated heterocycles. The van der Waals surface area contributed by atoms with E-state index < -0.39 is 0 Å². The van der Waals surface area contributed by atoms with Gasteiger partial charge in [0, 0.05) is 51.5 Å².